The molecule has 0 unspecified atom stereocenters. The molecule has 1 rings (SSSR count). The summed E-state index contributed by atoms with van der Waals surface area (Å²) < 4.78 is 0. The zero-order valence-corrected chi connectivity index (χ0v) is 10.5. The third-order valence-corrected chi connectivity index (χ3v) is 2.27. The summed E-state index contributed by atoms with van der Waals surface area (Å²) in [7, 11) is 0. The van der Waals surface area contributed by atoms with Gasteiger partial charge in [0.2, 0.25) is 5.91 Å². The molecule has 6 nitrogen and oxygen atoms in total. The maximum Gasteiger partial charge on any atom is 0.269 e. The van der Waals surface area contributed by atoms with Gasteiger partial charge in [-0.15, -0.1) is 0 Å². The number of anilines is 1. The van der Waals surface area contributed by atoms with Gasteiger partial charge in [-0.05, 0) is 12.1 Å². The molecule has 0 saturated heterocycles. The molecule has 0 fully saturated rings. The molecule has 2 N–H and O–H groups in total. The highest BCUT2D eigenvalue weighted by Crippen LogP contribution is 2.15. The summed E-state index contributed by atoms with van der Waals surface area (Å²) in [5, 5.41) is 16.3. The van der Waals surface area contributed by atoms with Crippen LogP contribution in [-0.2, 0) is 4.79 Å². The normalized spacial score (nSPS) is 10.4. The second-order valence-corrected chi connectivity index (χ2v) is 4.21. The van der Waals surface area contributed by atoms with E-state index >= 15 is 0 Å². The quantitative estimate of drug-likeness (QED) is 0.597. The van der Waals surface area contributed by atoms with Crippen molar-refractivity contribution >= 4 is 17.3 Å². The fourth-order valence-corrected chi connectivity index (χ4v) is 1.36. The van der Waals surface area contributed by atoms with E-state index in [1.807, 2.05) is 13.8 Å². The molecule has 0 aromatic heterocycles. The molecule has 1 aromatic rings. The molecule has 1 amide bonds. The van der Waals surface area contributed by atoms with Crippen molar-refractivity contribution in [3.05, 3.63) is 34.4 Å². The molecule has 0 saturated carbocycles. The van der Waals surface area contributed by atoms with Crippen LogP contribution in [0.5, 0.6) is 0 Å². The van der Waals surface area contributed by atoms with Crippen molar-refractivity contribution in [2.75, 3.05) is 11.9 Å². The Hall–Kier alpha value is -1.95. The number of hydrogen-bond donors (Lipinski definition) is 2. The summed E-state index contributed by atoms with van der Waals surface area (Å²) in [5.41, 5.74) is 0.574. The lowest BCUT2D eigenvalue weighted by molar-refractivity contribution is -0.384. The Kier molecular flexibility index (Phi) is 5.26. The lowest BCUT2D eigenvalue weighted by Gasteiger charge is -2.08. The lowest BCUT2D eigenvalue weighted by atomic mass is 10.2. The summed E-state index contributed by atoms with van der Waals surface area (Å²) in [6.07, 6.45) is 0.370. The van der Waals surface area contributed by atoms with Crippen LogP contribution in [0.15, 0.2) is 24.3 Å². The van der Waals surface area contributed by atoms with E-state index in [0.717, 1.165) is 0 Å². The topological polar surface area (TPSA) is 84.3 Å². The van der Waals surface area contributed by atoms with Gasteiger partial charge < -0.3 is 10.6 Å². The first kappa shape index (κ1) is 14.1. The van der Waals surface area contributed by atoms with E-state index in [2.05, 4.69) is 10.6 Å². The SMILES string of the molecule is CC(C)NCCC(=O)Nc1ccc([N+](=O)[O-])cc1. The average Bonchev–Trinajstić information content (AvgIpc) is 2.29. The van der Waals surface area contributed by atoms with Crippen LogP contribution in [0.1, 0.15) is 20.3 Å². The molecule has 0 radical (unpaired) electrons. The van der Waals surface area contributed by atoms with E-state index in [0.29, 0.717) is 24.7 Å². The van der Waals surface area contributed by atoms with Crippen LogP contribution >= 0.6 is 0 Å². The predicted molar refractivity (Wildman–Crippen MR) is 69.5 cm³/mol. The number of carbonyl (C=O) groups is 1. The van der Waals surface area contributed by atoms with Crippen LogP contribution in [0, 0.1) is 10.1 Å². The smallest absolute Gasteiger partial charge is 0.269 e. The van der Waals surface area contributed by atoms with Gasteiger partial charge in [0.1, 0.15) is 0 Å². The number of nitrogens with one attached hydrogen (secondary N) is 2. The Balaban J connectivity index is 2.42. The zero-order chi connectivity index (χ0) is 13.5. The highest BCUT2D eigenvalue weighted by Gasteiger charge is 2.06. The molecular formula is C12H17N3O3. The fraction of sp³-hybridized carbons (Fsp3) is 0.417. The van der Waals surface area contributed by atoms with Gasteiger partial charge >= 0.3 is 0 Å². The minimum absolute atomic E-state index is 0.00877. The molecule has 18 heavy (non-hydrogen) atoms. The fourth-order valence-electron chi connectivity index (χ4n) is 1.36. The van der Waals surface area contributed by atoms with Crippen molar-refractivity contribution in [3.63, 3.8) is 0 Å². The van der Waals surface area contributed by atoms with Crippen LogP contribution in [-0.4, -0.2) is 23.4 Å². The number of amides is 1. The van der Waals surface area contributed by atoms with E-state index in [9.17, 15) is 14.9 Å². The van der Waals surface area contributed by atoms with Gasteiger partial charge in [0.05, 0.1) is 4.92 Å². The third kappa shape index (κ3) is 4.92. The third-order valence-electron chi connectivity index (χ3n) is 2.27. The van der Waals surface area contributed by atoms with E-state index < -0.39 is 4.92 Å². The van der Waals surface area contributed by atoms with Gasteiger partial charge in [-0.2, -0.15) is 0 Å². The van der Waals surface area contributed by atoms with Crippen LogP contribution in [0.25, 0.3) is 0 Å². The summed E-state index contributed by atoms with van der Waals surface area (Å²) in [6.45, 7) is 4.62. The maximum atomic E-state index is 11.5. The molecule has 0 aliphatic heterocycles. The number of non-ortho nitro benzene ring substituents is 1. The van der Waals surface area contributed by atoms with Gasteiger partial charge in [0.25, 0.3) is 5.69 Å². The first-order chi connectivity index (χ1) is 8.49. The molecule has 0 bridgehead atoms. The van der Waals surface area contributed by atoms with Crippen molar-refractivity contribution < 1.29 is 9.72 Å². The largest absolute Gasteiger partial charge is 0.326 e. The summed E-state index contributed by atoms with van der Waals surface area (Å²) >= 11 is 0. The first-order valence-corrected chi connectivity index (χ1v) is 5.76. The molecule has 0 aliphatic carbocycles. The average molecular weight is 251 g/mol. The molecule has 98 valence electrons. The Labute approximate surface area is 106 Å². The minimum atomic E-state index is -0.474. The van der Waals surface area contributed by atoms with Gasteiger partial charge in [-0.3, -0.25) is 14.9 Å². The summed E-state index contributed by atoms with van der Waals surface area (Å²) in [5.74, 6) is -0.114. The van der Waals surface area contributed by atoms with Crippen LogP contribution < -0.4 is 10.6 Å². The first-order valence-electron chi connectivity index (χ1n) is 5.76. The van der Waals surface area contributed by atoms with Crippen LogP contribution in [0.3, 0.4) is 0 Å². The number of hydrogen-bond acceptors (Lipinski definition) is 4. The van der Waals surface area contributed by atoms with Crippen molar-refractivity contribution in [2.45, 2.75) is 26.3 Å². The van der Waals surface area contributed by atoms with Gasteiger partial charge in [0.15, 0.2) is 0 Å². The molecular weight excluding hydrogens is 234 g/mol. The van der Waals surface area contributed by atoms with E-state index in [1.165, 1.54) is 24.3 Å². The second-order valence-electron chi connectivity index (χ2n) is 4.21. The maximum absolute atomic E-state index is 11.5. The predicted octanol–water partition coefficient (Wildman–Crippen LogP) is 1.92. The standard InChI is InChI=1S/C12H17N3O3/c1-9(2)13-8-7-12(16)14-10-3-5-11(6-4-10)15(17)18/h3-6,9,13H,7-8H2,1-2H3,(H,14,16). The number of nitro groups is 1. The van der Waals surface area contributed by atoms with Crippen molar-refractivity contribution in [1.29, 1.82) is 0 Å². The summed E-state index contributed by atoms with van der Waals surface area (Å²) in [6, 6.07) is 6.11. The van der Waals surface area contributed by atoms with Gasteiger partial charge in [0, 0.05) is 36.8 Å². The highest BCUT2D eigenvalue weighted by atomic mass is 16.6. The molecule has 0 atom stereocenters. The Bertz CT molecular complexity index is 415. The van der Waals surface area contributed by atoms with Crippen LogP contribution in [0.4, 0.5) is 11.4 Å². The zero-order valence-electron chi connectivity index (χ0n) is 10.5. The highest BCUT2D eigenvalue weighted by molar-refractivity contribution is 5.90. The molecule has 0 heterocycles. The van der Waals surface area contributed by atoms with Crippen molar-refractivity contribution in [1.82, 2.24) is 5.32 Å². The molecule has 1 aromatic carbocycles. The van der Waals surface area contributed by atoms with Crippen molar-refractivity contribution in [2.24, 2.45) is 0 Å². The minimum Gasteiger partial charge on any atom is -0.326 e. The van der Waals surface area contributed by atoms with Crippen LogP contribution in [0.2, 0.25) is 0 Å². The number of nitro benzene ring substituents is 1. The monoisotopic (exact) mass is 251 g/mol. The van der Waals surface area contributed by atoms with Gasteiger partial charge in [-0.25, -0.2) is 0 Å². The van der Waals surface area contributed by atoms with E-state index in [-0.39, 0.29) is 11.6 Å². The Morgan fingerprint density at radius 1 is 1.33 bits per heavy atom. The Morgan fingerprint density at radius 2 is 1.94 bits per heavy atom. The molecule has 6 heteroatoms. The molecule has 0 spiro atoms. The number of rotatable bonds is 6. The van der Waals surface area contributed by atoms with Crippen molar-refractivity contribution in [3.8, 4) is 0 Å². The second kappa shape index (κ2) is 6.70. The lowest BCUT2D eigenvalue weighted by Crippen LogP contribution is -2.27. The number of carbonyl (C=O) groups excluding carboxylic acids is 1. The Morgan fingerprint density at radius 3 is 2.44 bits per heavy atom. The summed E-state index contributed by atoms with van der Waals surface area (Å²) in [4.78, 5) is 21.5. The van der Waals surface area contributed by atoms with Gasteiger partial charge in [-0.1, -0.05) is 13.8 Å². The van der Waals surface area contributed by atoms with E-state index in [4.69, 9.17) is 0 Å². The molecule has 0 aliphatic rings. The number of nitrogens with zero attached hydrogens (tertiary/aromatic N) is 1. The number of benzene rings is 1. The van der Waals surface area contributed by atoms with E-state index in [1.54, 1.807) is 0 Å².